The van der Waals surface area contributed by atoms with Crippen molar-refractivity contribution in [1.29, 1.82) is 0 Å². The topological polar surface area (TPSA) is 46.3 Å². The van der Waals surface area contributed by atoms with Crippen molar-refractivity contribution in [2.24, 2.45) is 15.2 Å². The fourth-order valence-corrected chi connectivity index (χ4v) is 0.574. The molecule has 0 aromatic heterocycles. The first-order valence-electron chi connectivity index (χ1n) is 3.31. The summed E-state index contributed by atoms with van der Waals surface area (Å²) in [5, 5.41) is 7.44. The first-order chi connectivity index (χ1) is 4.79. The Morgan fingerprint density at radius 1 is 1.60 bits per heavy atom. The highest BCUT2D eigenvalue weighted by atomic mass is 16.5. The molecule has 0 aromatic rings. The van der Waals surface area contributed by atoms with Crippen LogP contribution in [0.4, 0.5) is 0 Å². The van der Waals surface area contributed by atoms with E-state index in [0.29, 0.717) is 19.1 Å². The van der Waals surface area contributed by atoms with Crippen molar-refractivity contribution in [2.45, 2.75) is 20.0 Å². The number of nitrogens with zero attached hydrogens (tertiary/aromatic N) is 3. The van der Waals surface area contributed by atoms with Crippen LogP contribution in [0.3, 0.4) is 0 Å². The van der Waals surface area contributed by atoms with E-state index in [4.69, 9.17) is 4.74 Å². The first-order valence-corrected chi connectivity index (χ1v) is 3.31. The van der Waals surface area contributed by atoms with Gasteiger partial charge in [0.15, 0.2) is 12.5 Å². The monoisotopic (exact) mass is 141 g/mol. The number of ether oxygens (including phenoxy) is 1. The summed E-state index contributed by atoms with van der Waals surface area (Å²) in [5.41, 5.74) is 0. The molecule has 0 aliphatic carbocycles. The highest BCUT2D eigenvalue weighted by molar-refractivity contribution is 5.84. The molecule has 0 bridgehead atoms. The van der Waals surface area contributed by atoms with Gasteiger partial charge in [0.2, 0.25) is 0 Å². The average Bonchev–Trinajstić information content (AvgIpc) is 2.34. The largest absolute Gasteiger partial charge is 0.371 e. The molecule has 4 heteroatoms. The molecule has 0 atom stereocenters. The van der Waals surface area contributed by atoms with Crippen LogP contribution in [-0.4, -0.2) is 25.2 Å². The molecule has 0 aromatic carbocycles. The minimum atomic E-state index is 0.235. The van der Waals surface area contributed by atoms with Gasteiger partial charge in [0.25, 0.3) is 0 Å². The second kappa shape index (κ2) is 3.41. The molecule has 0 unspecified atom stereocenters. The molecule has 1 aliphatic heterocycles. The molecule has 0 amide bonds. The second-order valence-electron chi connectivity index (χ2n) is 2.32. The lowest BCUT2D eigenvalue weighted by molar-refractivity contribution is 0.110. The number of hydrogen-bond donors (Lipinski definition) is 0. The number of amidine groups is 1. The first kappa shape index (κ1) is 7.34. The number of azo groups is 1. The number of rotatable bonds is 3. The van der Waals surface area contributed by atoms with Crippen LogP contribution in [0.15, 0.2) is 15.2 Å². The molecular weight excluding hydrogens is 130 g/mol. The van der Waals surface area contributed by atoms with Crippen molar-refractivity contribution < 1.29 is 4.74 Å². The Balaban J connectivity index is 2.19. The molecule has 0 saturated carbocycles. The van der Waals surface area contributed by atoms with E-state index in [0.717, 1.165) is 0 Å². The third kappa shape index (κ3) is 2.23. The Morgan fingerprint density at radius 2 is 2.40 bits per heavy atom. The Morgan fingerprint density at radius 3 is 2.90 bits per heavy atom. The smallest absolute Gasteiger partial charge is 0.173 e. The molecule has 1 rings (SSSR count). The molecule has 4 nitrogen and oxygen atoms in total. The zero-order valence-electron chi connectivity index (χ0n) is 6.24. The fraction of sp³-hybridized carbons (Fsp3) is 0.833. The molecule has 56 valence electrons. The molecular formula is C6H11N3O. The van der Waals surface area contributed by atoms with E-state index < -0.39 is 0 Å². The number of hydrogen-bond acceptors (Lipinski definition) is 4. The van der Waals surface area contributed by atoms with Crippen molar-refractivity contribution in [3.63, 3.8) is 0 Å². The quantitative estimate of drug-likeness (QED) is 0.583. The Kier molecular flexibility index (Phi) is 2.50. The second-order valence-corrected chi connectivity index (χ2v) is 2.32. The molecule has 1 heterocycles. The molecule has 1 aliphatic rings. The van der Waals surface area contributed by atoms with Crippen molar-refractivity contribution in [1.82, 2.24) is 0 Å². The summed E-state index contributed by atoms with van der Waals surface area (Å²) in [4.78, 5) is 3.97. The van der Waals surface area contributed by atoms with Crippen LogP contribution in [0.25, 0.3) is 0 Å². The fourth-order valence-electron chi connectivity index (χ4n) is 0.574. The lowest BCUT2D eigenvalue weighted by atomic mass is 10.5. The molecule has 0 spiro atoms. The summed E-state index contributed by atoms with van der Waals surface area (Å²) >= 11 is 0. The van der Waals surface area contributed by atoms with Crippen LogP contribution >= 0.6 is 0 Å². The van der Waals surface area contributed by atoms with Crippen molar-refractivity contribution in [2.75, 3.05) is 13.3 Å². The van der Waals surface area contributed by atoms with E-state index in [1.807, 2.05) is 13.8 Å². The van der Waals surface area contributed by atoms with E-state index in [1.165, 1.54) is 0 Å². The van der Waals surface area contributed by atoms with Crippen LogP contribution in [0.1, 0.15) is 13.8 Å². The van der Waals surface area contributed by atoms with Gasteiger partial charge in [-0.15, -0.1) is 5.11 Å². The summed E-state index contributed by atoms with van der Waals surface area (Å²) in [5.74, 6) is 0.703. The van der Waals surface area contributed by atoms with Gasteiger partial charge in [0.1, 0.15) is 6.61 Å². The van der Waals surface area contributed by atoms with E-state index >= 15 is 0 Å². The van der Waals surface area contributed by atoms with Gasteiger partial charge in [0, 0.05) is 0 Å². The Labute approximate surface area is 60.0 Å². The summed E-state index contributed by atoms with van der Waals surface area (Å²) in [6, 6.07) is 0. The van der Waals surface area contributed by atoms with Crippen molar-refractivity contribution in [3.05, 3.63) is 0 Å². The normalized spacial score (nSPS) is 16.5. The summed E-state index contributed by atoms with van der Waals surface area (Å²) in [6.07, 6.45) is 0.235. The summed E-state index contributed by atoms with van der Waals surface area (Å²) in [7, 11) is 0. The molecule has 10 heavy (non-hydrogen) atoms. The summed E-state index contributed by atoms with van der Waals surface area (Å²) in [6.45, 7) is 4.91. The molecule has 0 fully saturated rings. The number of aliphatic imine (C=N–C) groups is 1. The highest BCUT2D eigenvalue weighted by Gasteiger charge is 2.02. The van der Waals surface area contributed by atoms with E-state index in [1.54, 1.807) is 0 Å². The van der Waals surface area contributed by atoms with Gasteiger partial charge in [-0.3, -0.25) is 0 Å². The minimum Gasteiger partial charge on any atom is -0.371 e. The van der Waals surface area contributed by atoms with Gasteiger partial charge >= 0.3 is 0 Å². The lowest BCUT2D eigenvalue weighted by Crippen LogP contribution is -2.10. The lowest BCUT2D eigenvalue weighted by Gasteiger charge is -2.03. The van der Waals surface area contributed by atoms with E-state index in [9.17, 15) is 0 Å². The van der Waals surface area contributed by atoms with E-state index in [2.05, 4.69) is 15.2 Å². The minimum absolute atomic E-state index is 0.235. The zero-order valence-corrected chi connectivity index (χ0v) is 6.24. The van der Waals surface area contributed by atoms with Gasteiger partial charge in [-0.05, 0) is 13.8 Å². The van der Waals surface area contributed by atoms with Gasteiger partial charge in [-0.1, -0.05) is 0 Å². The van der Waals surface area contributed by atoms with Crippen molar-refractivity contribution >= 4 is 5.84 Å². The predicted octanol–water partition coefficient (Wildman–Crippen LogP) is 1.23. The predicted molar refractivity (Wildman–Crippen MR) is 38.2 cm³/mol. The average molecular weight is 141 g/mol. The third-order valence-corrected chi connectivity index (χ3v) is 1.05. The molecule has 0 saturated heterocycles. The maximum absolute atomic E-state index is 5.24. The summed E-state index contributed by atoms with van der Waals surface area (Å²) < 4.78 is 5.24. The Bertz CT molecular complexity index is 162. The SMILES string of the molecule is CC(C)OCC1=NCN=N1. The molecule has 0 N–H and O–H groups in total. The van der Waals surface area contributed by atoms with Gasteiger partial charge < -0.3 is 4.74 Å². The van der Waals surface area contributed by atoms with Crippen molar-refractivity contribution in [3.8, 4) is 0 Å². The van der Waals surface area contributed by atoms with E-state index in [-0.39, 0.29) is 6.10 Å². The molecule has 0 radical (unpaired) electrons. The maximum Gasteiger partial charge on any atom is 0.173 e. The van der Waals surface area contributed by atoms with Gasteiger partial charge in [-0.25, -0.2) is 4.99 Å². The van der Waals surface area contributed by atoms with Crippen LogP contribution < -0.4 is 0 Å². The maximum atomic E-state index is 5.24. The Hall–Kier alpha value is -0.770. The zero-order chi connectivity index (χ0) is 7.40. The van der Waals surface area contributed by atoms with Gasteiger partial charge in [-0.2, -0.15) is 5.11 Å². The van der Waals surface area contributed by atoms with Crippen LogP contribution in [0.5, 0.6) is 0 Å². The third-order valence-electron chi connectivity index (χ3n) is 1.05. The standard InChI is InChI=1S/C6H11N3O/c1-5(2)10-3-6-7-4-8-9-6/h5H,3-4H2,1-2H3. The van der Waals surface area contributed by atoms with Crippen LogP contribution in [-0.2, 0) is 4.74 Å². The van der Waals surface area contributed by atoms with Crippen LogP contribution in [0, 0.1) is 0 Å². The van der Waals surface area contributed by atoms with Crippen LogP contribution in [0.2, 0.25) is 0 Å². The van der Waals surface area contributed by atoms with Gasteiger partial charge in [0.05, 0.1) is 6.10 Å². The highest BCUT2D eigenvalue weighted by Crippen LogP contribution is 1.96.